The Balaban J connectivity index is 3.34. The number of allylic oxidation sites excluding steroid dienone is 1. The van der Waals surface area contributed by atoms with Crippen molar-refractivity contribution in [2.75, 3.05) is 20.3 Å². The molecule has 1 amide bonds. The molecule has 10 nitrogen and oxygen atoms in total. The van der Waals surface area contributed by atoms with Gasteiger partial charge in [-0.2, -0.15) is 0 Å². The van der Waals surface area contributed by atoms with Gasteiger partial charge in [0.25, 0.3) is 0 Å². The molecule has 0 aliphatic heterocycles. The van der Waals surface area contributed by atoms with E-state index in [-0.39, 0.29) is 30.0 Å². The first kappa shape index (κ1) is 17.9. The number of aliphatic hydroxyl groups excluding tert-OH is 2. The summed E-state index contributed by atoms with van der Waals surface area (Å²) in [6, 6.07) is -1.49. The summed E-state index contributed by atoms with van der Waals surface area (Å²) in [5, 5.41) is 48.2. The number of nitrogens with one attached hydrogen (secondary N) is 1. The molecule has 0 fully saturated rings. The number of hydrogen-bond donors (Lipinski definition) is 6. The SMILES string of the molecule is COC1=C(NC(=O)O)CC(O)(CO)CC1=NC(CO)C(=O)O. The van der Waals surface area contributed by atoms with Crippen LogP contribution < -0.4 is 5.32 Å². The van der Waals surface area contributed by atoms with Crippen LogP contribution in [0.5, 0.6) is 0 Å². The zero-order chi connectivity index (χ0) is 16.9. The Hall–Kier alpha value is -2.17. The largest absolute Gasteiger partial charge is 0.493 e. The van der Waals surface area contributed by atoms with Crippen molar-refractivity contribution in [1.82, 2.24) is 5.32 Å². The Morgan fingerprint density at radius 3 is 2.41 bits per heavy atom. The lowest BCUT2D eigenvalue weighted by atomic mass is 9.85. The van der Waals surface area contributed by atoms with Crippen LogP contribution in [0.2, 0.25) is 0 Å². The molecule has 0 radical (unpaired) electrons. The van der Waals surface area contributed by atoms with Crippen molar-refractivity contribution in [3.8, 4) is 0 Å². The van der Waals surface area contributed by atoms with Crippen LogP contribution >= 0.6 is 0 Å². The molecule has 0 spiro atoms. The van der Waals surface area contributed by atoms with Gasteiger partial charge in [0.2, 0.25) is 0 Å². The van der Waals surface area contributed by atoms with Crippen LogP contribution in [0, 0.1) is 0 Å². The molecule has 0 aromatic rings. The normalized spacial score (nSPS) is 25.0. The first-order valence-corrected chi connectivity index (χ1v) is 6.27. The third-order valence-corrected chi connectivity index (χ3v) is 3.06. The van der Waals surface area contributed by atoms with Crippen molar-refractivity contribution in [2.24, 2.45) is 4.99 Å². The Bertz CT molecular complexity index is 515. The summed E-state index contributed by atoms with van der Waals surface area (Å²) in [4.78, 5) is 25.5. The summed E-state index contributed by atoms with van der Waals surface area (Å²) in [7, 11) is 1.23. The van der Waals surface area contributed by atoms with Crippen molar-refractivity contribution < 1.29 is 39.9 Å². The van der Waals surface area contributed by atoms with Crippen molar-refractivity contribution in [3.63, 3.8) is 0 Å². The van der Waals surface area contributed by atoms with Gasteiger partial charge in [-0.3, -0.25) is 10.3 Å². The molecule has 0 saturated heterocycles. The minimum absolute atomic E-state index is 0.0415. The highest BCUT2D eigenvalue weighted by Gasteiger charge is 2.39. The lowest BCUT2D eigenvalue weighted by Gasteiger charge is -2.33. The van der Waals surface area contributed by atoms with Gasteiger partial charge in [-0.25, -0.2) is 9.59 Å². The number of ether oxygens (including phenoxy) is 1. The van der Waals surface area contributed by atoms with E-state index in [0.717, 1.165) is 0 Å². The number of amides is 1. The summed E-state index contributed by atoms with van der Waals surface area (Å²) in [6.45, 7) is -1.47. The molecule has 0 heterocycles. The fourth-order valence-corrected chi connectivity index (χ4v) is 2.09. The highest BCUT2D eigenvalue weighted by Crippen LogP contribution is 2.30. The molecule has 2 unspecified atom stereocenters. The van der Waals surface area contributed by atoms with E-state index in [9.17, 15) is 19.8 Å². The molecular formula is C12H18N2O8. The van der Waals surface area contributed by atoms with E-state index >= 15 is 0 Å². The number of aliphatic carboxylic acids is 1. The molecule has 10 heteroatoms. The smallest absolute Gasteiger partial charge is 0.409 e. The molecule has 0 aromatic heterocycles. The van der Waals surface area contributed by atoms with Crippen molar-refractivity contribution in [2.45, 2.75) is 24.5 Å². The fraction of sp³-hybridized carbons (Fsp3) is 0.583. The summed E-state index contributed by atoms with van der Waals surface area (Å²) in [5.74, 6) is -1.43. The summed E-state index contributed by atoms with van der Waals surface area (Å²) in [6.07, 6.45) is -1.90. The number of hydrogen-bond acceptors (Lipinski definition) is 7. The quantitative estimate of drug-likeness (QED) is 0.344. The minimum atomic E-state index is -1.71. The Morgan fingerprint density at radius 2 is 2.00 bits per heavy atom. The molecule has 6 N–H and O–H groups in total. The van der Waals surface area contributed by atoms with Gasteiger partial charge in [0.05, 0.1) is 37.3 Å². The van der Waals surface area contributed by atoms with E-state index in [1.165, 1.54) is 7.11 Å². The zero-order valence-corrected chi connectivity index (χ0v) is 11.8. The second kappa shape index (κ2) is 7.20. The van der Waals surface area contributed by atoms with Gasteiger partial charge in [-0.15, -0.1) is 0 Å². The van der Waals surface area contributed by atoms with E-state index in [1.54, 1.807) is 0 Å². The van der Waals surface area contributed by atoms with Gasteiger partial charge in [-0.05, 0) is 0 Å². The number of carbonyl (C=O) groups is 2. The van der Waals surface area contributed by atoms with Crippen LogP contribution in [-0.2, 0) is 9.53 Å². The van der Waals surface area contributed by atoms with Crippen molar-refractivity contribution in [1.29, 1.82) is 0 Å². The van der Waals surface area contributed by atoms with Crippen LogP contribution in [0.15, 0.2) is 16.4 Å². The maximum absolute atomic E-state index is 10.9. The van der Waals surface area contributed by atoms with E-state index < -0.39 is 36.9 Å². The third kappa shape index (κ3) is 4.16. The lowest BCUT2D eigenvalue weighted by Crippen LogP contribution is -2.44. The molecular weight excluding hydrogens is 300 g/mol. The van der Waals surface area contributed by atoms with E-state index in [2.05, 4.69) is 4.99 Å². The summed E-state index contributed by atoms with van der Waals surface area (Å²) < 4.78 is 5.04. The average molecular weight is 318 g/mol. The van der Waals surface area contributed by atoms with Crippen molar-refractivity contribution >= 4 is 17.8 Å². The molecule has 1 rings (SSSR count). The highest BCUT2D eigenvalue weighted by atomic mass is 16.5. The van der Waals surface area contributed by atoms with Crippen LogP contribution in [-0.4, -0.2) is 75.3 Å². The highest BCUT2D eigenvalue weighted by molar-refractivity contribution is 6.02. The first-order valence-electron chi connectivity index (χ1n) is 6.27. The van der Waals surface area contributed by atoms with Gasteiger partial charge >= 0.3 is 12.1 Å². The Kier molecular flexibility index (Phi) is 5.85. The predicted octanol–water partition coefficient (Wildman–Crippen LogP) is -1.48. The molecule has 0 aromatic carbocycles. The first-order chi connectivity index (χ1) is 10.3. The number of carboxylic acid groups (broad SMARTS) is 2. The Morgan fingerprint density at radius 1 is 1.36 bits per heavy atom. The average Bonchev–Trinajstić information content (AvgIpc) is 2.43. The van der Waals surface area contributed by atoms with Crippen LogP contribution in [0.3, 0.4) is 0 Å². The van der Waals surface area contributed by atoms with E-state index in [4.69, 9.17) is 20.1 Å². The summed E-state index contributed by atoms with van der Waals surface area (Å²) >= 11 is 0. The molecule has 1 aliphatic carbocycles. The van der Waals surface area contributed by atoms with Gasteiger partial charge < -0.3 is 30.3 Å². The molecule has 1 aliphatic rings. The van der Waals surface area contributed by atoms with E-state index in [0.29, 0.717) is 0 Å². The fourth-order valence-electron chi connectivity index (χ4n) is 2.09. The Labute approximate surface area is 125 Å². The number of aliphatic hydroxyl groups is 3. The number of nitrogens with zero attached hydrogens (tertiary/aromatic N) is 1. The number of aliphatic imine (C=N–C) groups is 1. The van der Waals surface area contributed by atoms with E-state index in [1.807, 2.05) is 5.32 Å². The molecule has 0 bridgehead atoms. The van der Waals surface area contributed by atoms with Crippen LogP contribution in [0.4, 0.5) is 4.79 Å². The van der Waals surface area contributed by atoms with Crippen molar-refractivity contribution in [3.05, 3.63) is 11.5 Å². The number of carboxylic acids is 1. The number of rotatable bonds is 6. The molecule has 2 atom stereocenters. The maximum atomic E-state index is 10.9. The minimum Gasteiger partial charge on any atom is -0.493 e. The lowest BCUT2D eigenvalue weighted by molar-refractivity contribution is -0.139. The molecule has 22 heavy (non-hydrogen) atoms. The standard InChI is InChI=1S/C12H18N2O8/c1-22-9-6(13-8(4-15)10(17)18)2-12(21,5-16)3-7(9)14-11(19)20/h8,14-16,21H,2-5H2,1H3,(H,17,18)(H,19,20). The number of methoxy groups -OCH3 is 1. The second-order valence-corrected chi connectivity index (χ2v) is 4.79. The van der Waals surface area contributed by atoms with Gasteiger partial charge in [0.1, 0.15) is 0 Å². The van der Waals surface area contributed by atoms with Crippen LogP contribution in [0.25, 0.3) is 0 Å². The van der Waals surface area contributed by atoms with Gasteiger partial charge in [0, 0.05) is 12.8 Å². The molecule has 124 valence electrons. The second-order valence-electron chi connectivity index (χ2n) is 4.79. The van der Waals surface area contributed by atoms with Gasteiger partial charge in [0.15, 0.2) is 11.8 Å². The topological polar surface area (TPSA) is 169 Å². The van der Waals surface area contributed by atoms with Crippen LogP contribution in [0.1, 0.15) is 12.8 Å². The third-order valence-electron chi connectivity index (χ3n) is 3.06. The monoisotopic (exact) mass is 318 g/mol. The van der Waals surface area contributed by atoms with Gasteiger partial charge in [-0.1, -0.05) is 0 Å². The predicted molar refractivity (Wildman–Crippen MR) is 72.4 cm³/mol. The molecule has 0 saturated carbocycles. The maximum Gasteiger partial charge on any atom is 0.409 e. The zero-order valence-electron chi connectivity index (χ0n) is 11.8. The summed E-state index contributed by atoms with van der Waals surface area (Å²) in [5.41, 5.74) is -1.83.